The van der Waals surface area contributed by atoms with E-state index in [0.29, 0.717) is 23.1 Å². The summed E-state index contributed by atoms with van der Waals surface area (Å²) in [6.07, 6.45) is 0. The van der Waals surface area contributed by atoms with Crippen LogP contribution in [0.5, 0.6) is 11.5 Å². The normalized spacial score (nSPS) is 12.3. The minimum atomic E-state index is -0.295. The number of carbonyl (C=O) groups excluding carboxylic acids is 1. The van der Waals surface area contributed by atoms with Crippen molar-refractivity contribution in [2.75, 3.05) is 17.4 Å². The molecule has 2 N–H and O–H groups in total. The zero-order valence-electron chi connectivity index (χ0n) is 12.6. The van der Waals surface area contributed by atoms with Crippen molar-refractivity contribution in [3.05, 3.63) is 48.0 Å². The molecule has 0 atom stereocenters. The van der Waals surface area contributed by atoms with Crippen LogP contribution >= 0.6 is 0 Å². The second-order valence-electron chi connectivity index (χ2n) is 5.42. The second-order valence-corrected chi connectivity index (χ2v) is 5.42. The fourth-order valence-corrected chi connectivity index (χ4v) is 2.22. The van der Waals surface area contributed by atoms with E-state index in [2.05, 4.69) is 24.5 Å². The lowest BCUT2D eigenvalue weighted by Crippen LogP contribution is -2.19. The van der Waals surface area contributed by atoms with E-state index in [0.717, 1.165) is 5.69 Å². The fraction of sp³-hybridized carbons (Fsp3) is 0.235. The molecule has 1 aliphatic heterocycles. The molecule has 0 saturated carbocycles. The number of rotatable bonds is 3. The number of urea groups is 1. The lowest BCUT2D eigenvalue weighted by atomic mass is 10.0. The quantitative estimate of drug-likeness (QED) is 0.893. The van der Waals surface area contributed by atoms with E-state index < -0.39 is 0 Å². The van der Waals surface area contributed by atoms with E-state index in [1.165, 1.54) is 5.56 Å². The molecular formula is C17H18N2O3. The molecule has 22 heavy (non-hydrogen) atoms. The highest BCUT2D eigenvalue weighted by Gasteiger charge is 2.14. The SMILES string of the molecule is CC(C)c1ccc(NC(=O)Nc2ccc3c(c2)OCO3)cc1. The topological polar surface area (TPSA) is 59.6 Å². The molecule has 0 saturated heterocycles. The molecule has 2 aromatic carbocycles. The van der Waals surface area contributed by atoms with E-state index in [9.17, 15) is 4.79 Å². The summed E-state index contributed by atoms with van der Waals surface area (Å²) >= 11 is 0. The van der Waals surface area contributed by atoms with Crippen LogP contribution in [0.15, 0.2) is 42.5 Å². The number of hydrogen-bond donors (Lipinski definition) is 2. The third-order valence-electron chi connectivity index (χ3n) is 3.47. The predicted octanol–water partition coefficient (Wildman–Crippen LogP) is 4.18. The maximum absolute atomic E-state index is 12.0. The summed E-state index contributed by atoms with van der Waals surface area (Å²) in [7, 11) is 0. The molecule has 2 amide bonds. The van der Waals surface area contributed by atoms with Gasteiger partial charge in [0.25, 0.3) is 0 Å². The largest absolute Gasteiger partial charge is 0.454 e. The summed E-state index contributed by atoms with van der Waals surface area (Å²) in [6, 6.07) is 12.8. The molecule has 114 valence electrons. The third kappa shape index (κ3) is 3.14. The van der Waals surface area contributed by atoms with Crippen molar-refractivity contribution < 1.29 is 14.3 Å². The molecule has 0 bridgehead atoms. The van der Waals surface area contributed by atoms with Crippen molar-refractivity contribution in [1.29, 1.82) is 0 Å². The number of amides is 2. The maximum Gasteiger partial charge on any atom is 0.323 e. The Balaban J connectivity index is 1.62. The van der Waals surface area contributed by atoms with E-state index in [1.54, 1.807) is 18.2 Å². The van der Waals surface area contributed by atoms with Crippen molar-refractivity contribution >= 4 is 17.4 Å². The zero-order chi connectivity index (χ0) is 15.5. The highest BCUT2D eigenvalue weighted by Crippen LogP contribution is 2.34. The van der Waals surface area contributed by atoms with Crippen LogP contribution in [-0.2, 0) is 0 Å². The van der Waals surface area contributed by atoms with Crippen LogP contribution in [0.1, 0.15) is 25.3 Å². The Morgan fingerprint density at radius 3 is 2.32 bits per heavy atom. The van der Waals surface area contributed by atoms with Crippen LogP contribution < -0.4 is 20.1 Å². The Bertz CT molecular complexity index is 681. The van der Waals surface area contributed by atoms with Crippen LogP contribution in [-0.4, -0.2) is 12.8 Å². The minimum absolute atomic E-state index is 0.215. The molecule has 0 aromatic heterocycles. The molecule has 2 aromatic rings. The molecule has 0 spiro atoms. The summed E-state index contributed by atoms with van der Waals surface area (Å²) < 4.78 is 10.5. The van der Waals surface area contributed by atoms with Gasteiger partial charge in [-0.05, 0) is 35.7 Å². The Hall–Kier alpha value is -2.69. The average Bonchev–Trinajstić information content (AvgIpc) is 2.95. The summed E-state index contributed by atoms with van der Waals surface area (Å²) in [5.74, 6) is 1.80. The van der Waals surface area contributed by atoms with Gasteiger partial charge in [-0.25, -0.2) is 4.79 Å². The Kier molecular flexibility index (Phi) is 3.87. The standard InChI is InChI=1S/C17H18N2O3/c1-11(2)12-3-5-13(6-4-12)18-17(20)19-14-7-8-15-16(9-14)22-10-21-15/h3-9,11H,10H2,1-2H3,(H2,18,19,20). The monoisotopic (exact) mass is 298 g/mol. The van der Waals surface area contributed by atoms with Crippen molar-refractivity contribution in [3.63, 3.8) is 0 Å². The van der Waals surface area contributed by atoms with Crippen LogP contribution in [0.4, 0.5) is 16.2 Å². The average molecular weight is 298 g/mol. The predicted molar refractivity (Wildman–Crippen MR) is 85.7 cm³/mol. The number of carbonyl (C=O) groups is 1. The molecule has 3 rings (SSSR count). The van der Waals surface area contributed by atoms with Gasteiger partial charge >= 0.3 is 6.03 Å². The van der Waals surface area contributed by atoms with Gasteiger partial charge < -0.3 is 20.1 Å². The van der Waals surface area contributed by atoms with E-state index >= 15 is 0 Å². The van der Waals surface area contributed by atoms with Gasteiger partial charge in [0.1, 0.15) is 0 Å². The molecule has 0 aliphatic carbocycles. The highest BCUT2D eigenvalue weighted by atomic mass is 16.7. The number of benzene rings is 2. The molecule has 1 aliphatic rings. The number of anilines is 2. The number of ether oxygens (including phenoxy) is 2. The lowest BCUT2D eigenvalue weighted by Gasteiger charge is -2.10. The number of fused-ring (bicyclic) bond motifs is 1. The summed E-state index contributed by atoms with van der Waals surface area (Å²) in [5, 5.41) is 5.57. The first-order valence-electron chi connectivity index (χ1n) is 7.19. The zero-order valence-corrected chi connectivity index (χ0v) is 12.6. The van der Waals surface area contributed by atoms with Crippen molar-refractivity contribution in [1.82, 2.24) is 0 Å². The van der Waals surface area contributed by atoms with E-state index in [4.69, 9.17) is 9.47 Å². The summed E-state index contributed by atoms with van der Waals surface area (Å²) in [6.45, 7) is 4.48. The third-order valence-corrected chi connectivity index (χ3v) is 3.47. The molecule has 1 heterocycles. The smallest absolute Gasteiger partial charge is 0.323 e. The van der Waals surface area contributed by atoms with E-state index in [1.807, 2.05) is 24.3 Å². The van der Waals surface area contributed by atoms with Gasteiger partial charge in [-0.15, -0.1) is 0 Å². The Morgan fingerprint density at radius 2 is 1.59 bits per heavy atom. The second kappa shape index (κ2) is 5.97. The number of nitrogens with one attached hydrogen (secondary N) is 2. The maximum atomic E-state index is 12.0. The van der Waals surface area contributed by atoms with Crippen molar-refractivity contribution in [3.8, 4) is 11.5 Å². The first-order valence-corrected chi connectivity index (χ1v) is 7.19. The summed E-state index contributed by atoms with van der Waals surface area (Å²) in [5.41, 5.74) is 2.64. The fourth-order valence-electron chi connectivity index (χ4n) is 2.22. The molecular weight excluding hydrogens is 280 g/mol. The van der Waals surface area contributed by atoms with Crippen molar-refractivity contribution in [2.24, 2.45) is 0 Å². The minimum Gasteiger partial charge on any atom is -0.454 e. The Morgan fingerprint density at radius 1 is 0.955 bits per heavy atom. The van der Waals surface area contributed by atoms with Crippen LogP contribution in [0, 0.1) is 0 Å². The van der Waals surface area contributed by atoms with Crippen LogP contribution in [0.3, 0.4) is 0 Å². The van der Waals surface area contributed by atoms with Crippen molar-refractivity contribution in [2.45, 2.75) is 19.8 Å². The van der Waals surface area contributed by atoms with Gasteiger partial charge in [0.05, 0.1) is 0 Å². The van der Waals surface area contributed by atoms with Crippen LogP contribution in [0.25, 0.3) is 0 Å². The first kappa shape index (κ1) is 14.3. The van der Waals surface area contributed by atoms with Gasteiger partial charge in [0.2, 0.25) is 6.79 Å². The van der Waals surface area contributed by atoms with E-state index in [-0.39, 0.29) is 12.8 Å². The van der Waals surface area contributed by atoms with Gasteiger partial charge in [-0.3, -0.25) is 0 Å². The lowest BCUT2D eigenvalue weighted by molar-refractivity contribution is 0.174. The van der Waals surface area contributed by atoms with Gasteiger partial charge in [0, 0.05) is 17.4 Å². The number of hydrogen-bond acceptors (Lipinski definition) is 3. The van der Waals surface area contributed by atoms with Crippen LogP contribution in [0.2, 0.25) is 0 Å². The van der Waals surface area contributed by atoms with Gasteiger partial charge in [0.15, 0.2) is 11.5 Å². The molecule has 0 radical (unpaired) electrons. The molecule has 5 nitrogen and oxygen atoms in total. The Labute approximate surface area is 129 Å². The highest BCUT2D eigenvalue weighted by molar-refractivity contribution is 5.99. The summed E-state index contributed by atoms with van der Waals surface area (Å²) in [4.78, 5) is 12.0. The van der Waals surface area contributed by atoms with Gasteiger partial charge in [-0.1, -0.05) is 26.0 Å². The molecule has 5 heteroatoms. The van der Waals surface area contributed by atoms with Gasteiger partial charge in [-0.2, -0.15) is 0 Å². The first-order chi connectivity index (χ1) is 10.6. The molecule has 0 unspecified atom stereocenters. The molecule has 0 fully saturated rings.